The molecule has 1 aliphatic heterocycles. The van der Waals surface area contributed by atoms with Crippen LogP contribution in [0, 0.1) is 0 Å². The fourth-order valence-electron chi connectivity index (χ4n) is 1.77. The van der Waals surface area contributed by atoms with E-state index in [4.69, 9.17) is 22.7 Å². The Morgan fingerprint density at radius 3 is 2.74 bits per heavy atom. The van der Waals surface area contributed by atoms with Crippen molar-refractivity contribution in [2.45, 2.75) is 18.6 Å². The van der Waals surface area contributed by atoms with Crippen LogP contribution in [0.5, 0.6) is 0 Å². The number of alkyl halides is 3. The van der Waals surface area contributed by atoms with Crippen LogP contribution in [0.1, 0.15) is 17.7 Å². The van der Waals surface area contributed by atoms with Crippen LogP contribution < -0.4 is 11.1 Å². The van der Waals surface area contributed by atoms with Crippen LogP contribution in [-0.4, -0.2) is 29.2 Å². The van der Waals surface area contributed by atoms with Crippen LogP contribution in [0.25, 0.3) is 0 Å². The lowest BCUT2D eigenvalue weighted by atomic mass is 10.2. The summed E-state index contributed by atoms with van der Waals surface area (Å²) in [6.45, 7) is 0.994. The number of hydrogen-bond donors (Lipinski definition) is 2. The summed E-state index contributed by atoms with van der Waals surface area (Å²) in [7, 11) is 0. The topological polar surface area (TPSA) is 60.2 Å². The molecule has 0 saturated carbocycles. The summed E-state index contributed by atoms with van der Waals surface area (Å²) >= 11 is 4.81. The first-order valence-electron chi connectivity index (χ1n) is 5.60. The fourth-order valence-corrected chi connectivity index (χ4v) is 1.93. The van der Waals surface area contributed by atoms with Crippen LogP contribution in [0.4, 0.5) is 19.0 Å². The zero-order valence-corrected chi connectivity index (χ0v) is 10.6. The Morgan fingerprint density at radius 1 is 1.47 bits per heavy atom. The van der Waals surface area contributed by atoms with E-state index >= 15 is 0 Å². The minimum atomic E-state index is -4.50. The first kappa shape index (κ1) is 14.0. The van der Waals surface area contributed by atoms with Gasteiger partial charge in [-0.3, -0.25) is 0 Å². The lowest BCUT2D eigenvalue weighted by Gasteiger charge is -2.16. The van der Waals surface area contributed by atoms with E-state index in [1.165, 1.54) is 6.07 Å². The van der Waals surface area contributed by atoms with Gasteiger partial charge in [-0.1, -0.05) is 12.2 Å². The minimum Gasteiger partial charge on any atom is -0.389 e. The average molecular weight is 291 g/mol. The van der Waals surface area contributed by atoms with Crippen molar-refractivity contribution in [2.75, 3.05) is 18.5 Å². The van der Waals surface area contributed by atoms with Crippen molar-refractivity contribution in [3.8, 4) is 0 Å². The van der Waals surface area contributed by atoms with E-state index in [-0.39, 0.29) is 16.8 Å². The number of halogens is 3. The maximum atomic E-state index is 12.6. The van der Waals surface area contributed by atoms with Gasteiger partial charge in [-0.15, -0.1) is 0 Å². The smallest absolute Gasteiger partial charge is 0.389 e. The Bertz CT molecular complexity index is 487. The second-order valence-corrected chi connectivity index (χ2v) is 4.60. The van der Waals surface area contributed by atoms with E-state index in [1.54, 1.807) is 0 Å². The van der Waals surface area contributed by atoms with E-state index in [1.807, 2.05) is 0 Å². The molecular weight excluding hydrogens is 279 g/mol. The third-order valence-corrected chi connectivity index (χ3v) is 2.94. The Morgan fingerprint density at radius 2 is 2.21 bits per heavy atom. The van der Waals surface area contributed by atoms with Gasteiger partial charge in [-0.2, -0.15) is 13.2 Å². The zero-order chi connectivity index (χ0) is 14.0. The number of nitrogens with one attached hydrogen (secondary N) is 1. The molecule has 1 atom stereocenters. The summed E-state index contributed by atoms with van der Waals surface area (Å²) in [4.78, 5) is 3.57. The standard InChI is InChI=1S/C11H12F3N3OS/c12-11(13,14)8-2-1-7(9(15)19)10(17-8)16-6-3-4-18-5-6/h1-2,6H,3-5H2,(H2,15,19)(H,16,17). The van der Waals surface area contributed by atoms with E-state index in [9.17, 15) is 13.2 Å². The molecule has 104 valence electrons. The molecule has 1 saturated heterocycles. The van der Waals surface area contributed by atoms with Crippen LogP contribution in [0.15, 0.2) is 12.1 Å². The highest BCUT2D eigenvalue weighted by molar-refractivity contribution is 7.80. The van der Waals surface area contributed by atoms with Gasteiger partial charge >= 0.3 is 6.18 Å². The highest BCUT2D eigenvalue weighted by atomic mass is 32.1. The van der Waals surface area contributed by atoms with Gasteiger partial charge in [0.15, 0.2) is 0 Å². The zero-order valence-electron chi connectivity index (χ0n) is 9.83. The van der Waals surface area contributed by atoms with Crippen molar-refractivity contribution in [3.05, 3.63) is 23.4 Å². The predicted octanol–water partition coefficient (Wildman–Crippen LogP) is 1.94. The molecule has 1 fully saturated rings. The van der Waals surface area contributed by atoms with Crippen LogP contribution >= 0.6 is 12.2 Å². The molecule has 1 aromatic heterocycles. The number of anilines is 1. The Hall–Kier alpha value is -1.41. The van der Waals surface area contributed by atoms with Gasteiger partial charge in [0.25, 0.3) is 0 Å². The summed E-state index contributed by atoms with van der Waals surface area (Å²) in [5, 5.41) is 2.90. The molecule has 4 nitrogen and oxygen atoms in total. The summed E-state index contributed by atoms with van der Waals surface area (Å²) in [6.07, 6.45) is -3.80. The first-order chi connectivity index (χ1) is 8.88. The van der Waals surface area contributed by atoms with Crippen LogP contribution in [0.2, 0.25) is 0 Å². The summed E-state index contributed by atoms with van der Waals surface area (Å²) in [5.74, 6) is 0.0535. The van der Waals surface area contributed by atoms with Crippen molar-refractivity contribution in [1.29, 1.82) is 0 Å². The van der Waals surface area contributed by atoms with Gasteiger partial charge in [0.2, 0.25) is 0 Å². The summed E-state index contributed by atoms with van der Waals surface area (Å²) in [6, 6.07) is 2.02. The van der Waals surface area contributed by atoms with Crippen molar-refractivity contribution in [3.63, 3.8) is 0 Å². The van der Waals surface area contributed by atoms with Gasteiger partial charge in [-0.25, -0.2) is 4.98 Å². The number of pyridine rings is 1. The van der Waals surface area contributed by atoms with Crippen LogP contribution in [-0.2, 0) is 10.9 Å². The first-order valence-corrected chi connectivity index (χ1v) is 6.01. The highest BCUT2D eigenvalue weighted by Crippen LogP contribution is 2.30. The summed E-state index contributed by atoms with van der Waals surface area (Å²) < 4.78 is 43.1. The van der Waals surface area contributed by atoms with E-state index in [0.29, 0.717) is 25.2 Å². The van der Waals surface area contributed by atoms with Crippen molar-refractivity contribution < 1.29 is 17.9 Å². The molecule has 2 heterocycles. The molecule has 1 aromatic rings. The lowest BCUT2D eigenvalue weighted by molar-refractivity contribution is -0.141. The number of hydrogen-bond acceptors (Lipinski definition) is 4. The van der Waals surface area contributed by atoms with Crippen molar-refractivity contribution in [1.82, 2.24) is 4.98 Å². The quantitative estimate of drug-likeness (QED) is 0.833. The van der Waals surface area contributed by atoms with Crippen molar-refractivity contribution in [2.24, 2.45) is 5.73 Å². The molecule has 0 bridgehead atoms. The monoisotopic (exact) mass is 291 g/mol. The largest absolute Gasteiger partial charge is 0.433 e. The minimum absolute atomic E-state index is 0.00244. The number of aromatic nitrogens is 1. The van der Waals surface area contributed by atoms with Crippen molar-refractivity contribution >= 4 is 23.0 Å². The molecule has 3 N–H and O–H groups in total. The Labute approximate surface area is 113 Å². The van der Waals surface area contributed by atoms with E-state index in [2.05, 4.69) is 10.3 Å². The van der Waals surface area contributed by atoms with E-state index in [0.717, 1.165) is 6.07 Å². The molecular formula is C11H12F3N3OS. The number of rotatable bonds is 3. The second-order valence-electron chi connectivity index (χ2n) is 4.16. The van der Waals surface area contributed by atoms with Gasteiger partial charge in [0, 0.05) is 6.61 Å². The molecule has 0 aromatic carbocycles. The number of ether oxygens (including phenoxy) is 1. The second kappa shape index (κ2) is 5.30. The average Bonchev–Trinajstić information content (AvgIpc) is 2.80. The molecule has 2 rings (SSSR count). The fraction of sp³-hybridized carbons (Fsp3) is 0.455. The Kier molecular flexibility index (Phi) is 3.91. The molecule has 0 spiro atoms. The molecule has 0 amide bonds. The number of nitrogens with two attached hydrogens (primary N) is 1. The maximum Gasteiger partial charge on any atom is 0.433 e. The normalized spacial score (nSPS) is 19.4. The number of nitrogens with zero attached hydrogens (tertiary/aromatic N) is 1. The maximum absolute atomic E-state index is 12.6. The van der Waals surface area contributed by atoms with Gasteiger partial charge in [0.05, 0.1) is 18.2 Å². The SMILES string of the molecule is NC(=S)c1ccc(C(F)(F)F)nc1NC1CCOC1. The molecule has 8 heteroatoms. The molecule has 0 aliphatic carbocycles. The molecule has 19 heavy (non-hydrogen) atoms. The van der Waals surface area contributed by atoms with Gasteiger partial charge in [-0.05, 0) is 18.6 Å². The van der Waals surface area contributed by atoms with Gasteiger partial charge in [0.1, 0.15) is 16.5 Å². The predicted molar refractivity (Wildman–Crippen MR) is 68.0 cm³/mol. The highest BCUT2D eigenvalue weighted by Gasteiger charge is 2.33. The van der Waals surface area contributed by atoms with E-state index < -0.39 is 11.9 Å². The molecule has 0 radical (unpaired) electrons. The lowest BCUT2D eigenvalue weighted by Crippen LogP contribution is -2.24. The Balaban J connectivity index is 2.32. The van der Waals surface area contributed by atoms with Crippen LogP contribution in [0.3, 0.4) is 0 Å². The molecule has 1 unspecified atom stereocenters. The van der Waals surface area contributed by atoms with Gasteiger partial charge < -0.3 is 15.8 Å². The third kappa shape index (κ3) is 3.32. The summed E-state index contributed by atoms with van der Waals surface area (Å²) in [5.41, 5.74) is 4.81. The molecule has 1 aliphatic rings. The third-order valence-electron chi connectivity index (χ3n) is 2.72. The number of thiocarbonyl (C=S) groups is 1.